The summed E-state index contributed by atoms with van der Waals surface area (Å²) in [7, 11) is 0. The van der Waals surface area contributed by atoms with Gasteiger partial charge in [0.25, 0.3) is 0 Å². The summed E-state index contributed by atoms with van der Waals surface area (Å²) in [6, 6.07) is 0. The van der Waals surface area contributed by atoms with E-state index < -0.39 is 5.97 Å². The molecule has 0 aromatic heterocycles. The molecule has 0 rings (SSSR count). The molecular weight excluding hydrogens is 340 g/mol. The predicted octanol–water partition coefficient (Wildman–Crippen LogP) is 2.38. The minimum absolute atomic E-state index is 0.220. The van der Waals surface area contributed by atoms with E-state index in [1.807, 2.05) is 0 Å². The summed E-state index contributed by atoms with van der Waals surface area (Å²) in [4.78, 5) is 11.1. The molecule has 0 saturated heterocycles. The Bertz CT molecular complexity index is 347. The van der Waals surface area contributed by atoms with Gasteiger partial charge in [-0.15, -0.1) is 0 Å². The number of carbonyl (C=O) groups is 1. The molecule has 0 saturated carbocycles. The minimum atomic E-state index is -0.399. The second-order valence-corrected chi connectivity index (χ2v) is 5.84. The van der Waals surface area contributed by atoms with Crippen LogP contribution in [0.2, 0.25) is 0 Å². The smallest absolute Gasteiger partial charge is 0.333 e. The van der Waals surface area contributed by atoms with Crippen molar-refractivity contribution in [1.82, 2.24) is 0 Å². The largest absolute Gasteiger partial charge is 0.460 e. The predicted molar refractivity (Wildman–Crippen MR) is 99.4 cm³/mol. The topological polar surface area (TPSA) is 72.5 Å². The highest BCUT2D eigenvalue weighted by Gasteiger charge is 2.02. The fraction of sp³-hybridized carbons (Fsp3) is 0.842. The minimum Gasteiger partial charge on any atom is -0.460 e. The summed E-state index contributed by atoms with van der Waals surface area (Å²) in [5.41, 5.74) is 0.383. The lowest BCUT2D eigenvalue weighted by Gasteiger charge is -2.12. The van der Waals surface area contributed by atoms with Crippen LogP contribution >= 0.6 is 0 Å². The van der Waals surface area contributed by atoms with Crippen molar-refractivity contribution in [3.63, 3.8) is 0 Å². The van der Waals surface area contributed by atoms with E-state index in [0.717, 1.165) is 12.8 Å². The van der Waals surface area contributed by atoms with Crippen LogP contribution in [0.15, 0.2) is 12.2 Å². The number of esters is 1. The van der Waals surface area contributed by atoms with E-state index in [2.05, 4.69) is 20.4 Å². The Labute approximate surface area is 157 Å². The van der Waals surface area contributed by atoms with Gasteiger partial charge in [-0.1, -0.05) is 19.9 Å². The molecule has 1 atom stereocenters. The van der Waals surface area contributed by atoms with E-state index in [0.29, 0.717) is 71.1 Å². The van der Waals surface area contributed by atoms with Gasteiger partial charge >= 0.3 is 5.97 Å². The maximum Gasteiger partial charge on any atom is 0.333 e. The monoisotopic (exact) mass is 376 g/mol. The third-order valence-corrected chi connectivity index (χ3v) is 3.25. The molecule has 26 heavy (non-hydrogen) atoms. The molecule has 0 heterocycles. The van der Waals surface area contributed by atoms with Crippen LogP contribution in [0.4, 0.5) is 0 Å². The Morgan fingerprint density at radius 3 is 1.65 bits per heavy atom. The summed E-state index contributed by atoms with van der Waals surface area (Å²) < 4.78 is 31.9. The summed E-state index contributed by atoms with van der Waals surface area (Å²) >= 11 is 0. The van der Waals surface area contributed by atoms with Gasteiger partial charge in [-0.3, -0.25) is 0 Å². The van der Waals surface area contributed by atoms with Gasteiger partial charge in [-0.05, 0) is 20.3 Å². The summed E-state index contributed by atoms with van der Waals surface area (Å²) in [5, 5.41) is 0. The highest BCUT2D eigenvalue weighted by Crippen LogP contribution is 1.99. The fourth-order valence-corrected chi connectivity index (χ4v) is 1.88. The Morgan fingerprint density at radius 2 is 1.23 bits per heavy atom. The summed E-state index contributed by atoms with van der Waals surface area (Å²) in [5.74, 6) is -0.399. The van der Waals surface area contributed by atoms with Crippen molar-refractivity contribution in [2.45, 2.75) is 39.7 Å². The van der Waals surface area contributed by atoms with Crippen molar-refractivity contribution in [3.05, 3.63) is 12.2 Å². The summed E-state index contributed by atoms with van der Waals surface area (Å²) in [6.45, 7) is 14.1. The fourth-order valence-electron chi connectivity index (χ4n) is 1.88. The number of rotatable bonds is 19. The first-order valence-electron chi connectivity index (χ1n) is 9.33. The van der Waals surface area contributed by atoms with Gasteiger partial charge in [0.2, 0.25) is 0 Å². The molecule has 0 radical (unpaired) electrons. The van der Waals surface area contributed by atoms with E-state index in [1.54, 1.807) is 6.92 Å². The number of carbonyl (C=O) groups excluding carboxylic acids is 1. The zero-order valence-electron chi connectivity index (χ0n) is 16.6. The molecule has 0 N–H and O–H groups in total. The second kappa shape index (κ2) is 18.8. The molecule has 7 heteroatoms. The first-order chi connectivity index (χ1) is 12.6. The quantitative estimate of drug-likeness (QED) is 0.195. The molecule has 0 aliphatic carbocycles. The molecular formula is C19H36O7. The third-order valence-electron chi connectivity index (χ3n) is 3.25. The molecule has 0 spiro atoms. The molecule has 0 fully saturated rings. The van der Waals surface area contributed by atoms with Crippen molar-refractivity contribution < 1.29 is 33.2 Å². The van der Waals surface area contributed by atoms with Gasteiger partial charge < -0.3 is 28.4 Å². The maximum atomic E-state index is 11.1. The van der Waals surface area contributed by atoms with Crippen LogP contribution in [0.25, 0.3) is 0 Å². The zero-order valence-corrected chi connectivity index (χ0v) is 16.6. The highest BCUT2D eigenvalue weighted by molar-refractivity contribution is 5.86. The van der Waals surface area contributed by atoms with Crippen LogP contribution in [0.5, 0.6) is 0 Å². The molecule has 7 nitrogen and oxygen atoms in total. The lowest BCUT2D eigenvalue weighted by molar-refractivity contribution is -0.140. The highest BCUT2D eigenvalue weighted by atomic mass is 16.6. The van der Waals surface area contributed by atoms with E-state index in [1.165, 1.54) is 0 Å². The Balaban J connectivity index is 3.11. The third kappa shape index (κ3) is 17.8. The lowest BCUT2D eigenvalue weighted by atomic mass is 10.2. The molecule has 0 aromatic rings. The van der Waals surface area contributed by atoms with Crippen LogP contribution in [0.1, 0.15) is 33.6 Å². The van der Waals surface area contributed by atoms with Gasteiger partial charge in [0, 0.05) is 5.57 Å². The number of ether oxygens (including phenoxy) is 6. The molecule has 0 aliphatic heterocycles. The SMILES string of the molecule is C=C(C)C(=O)OCCOCCOCCOCCOCCOC(C)CCC. The Hall–Kier alpha value is -0.990. The maximum absolute atomic E-state index is 11.1. The van der Waals surface area contributed by atoms with Gasteiger partial charge in [0.05, 0.1) is 65.6 Å². The van der Waals surface area contributed by atoms with E-state index in [-0.39, 0.29) is 6.61 Å². The van der Waals surface area contributed by atoms with Crippen molar-refractivity contribution in [1.29, 1.82) is 0 Å². The average molecular weight is 376 g/mol. The van der Waals surface area contributed by atoms with Crippen LogP contribution in [0, 0.1) is 0 Å². The molecule has 0 amide bonds. The van der Waals surface area contributed by atoms with E-state index in [9.17, 15) is 4.79 Å². The lowest BCUT2D eigenvalue weighted by Crippen LogP contribution is -2.16. The van der Waals surface area contributed by atoms with Gasteiger partial charge in [-0.2, -0.15) is 0 Å². The Kier molecular flexibility index (Phi) is 18.1. The van der Waals surface area contributed by atoms with Gasteiger partial charge in [0.1, 0.15) is 6.61 Å². The first kappa shape index (κ1) is 25.0. The van der Waals surface area contributed by atoms with Crippen LogP contribution in [-0.4, -0.2) is 78.1 Å². The van der Waals surface area contributed by atoms with Crippen molar-refractivity contribution in [2.75, 3.05) is 66.1 Å². The Morgan fingerprint density at radius 1 is 0.808 bits per heavy atom. The van der Waals surface area contributed by atoms with Crippen molar-refractivity contribution >= 4 is 5.97 Å². The molecule has 1 unspecified atom stereocenters. The normalized spacial score (nSPS) is 12.1. The van der Waals surface area contributed by atoms with E-state index in [4.69, 9.17) is 28.4 Å². The zero-order chi connectivity index (χ0) is 19.5. The second-order valence-electron chi connectivity index (χ2n) is 5.84. The van der Waals surface area contributed by atoms with Crippen molar-refractivity contribution in [3.8, 4) is 0 Å². The standard InChI is InChI=1S/C19H36O7/c1-5-6-18(4)25-15-13-23-11-9-21-7-8-22-10-12-24-14-16-26-19(20)17(2)3/h18H,2,5-16H2,1,3-4H3. The number of hydrogen-bond donors (Lipinski definition) is 0. The molecule has 0 aromatic carbocycles. The molecule has 0 bridgehead atoms. The first-order valence-corrected chi connectivity index (χ1v) is 9.33. The van der Waals surface area contributed by atoms with Crippen molar-refractivity contribution in [2.24, 2.45) is 0 Å². The van der Waals surface area contributed by atoms with Gasteiger partial charge in [-0.25, -0.2) is 4.79 Å². The van der Waals surface area contributed by atoms with E-state index >= 15 is 0 Å². The molecule has 0 aliphatic rings. The van der Waals surface area contributed by atoms with Crippen LogP contribution < -0.4 is 0 Å². The van der Waals surface area contributed by atoms with Gasteiger partial charge in [0.15, 0.2) is 0 Å². The summed E-state index contributed by atoms with van der Waals surface area (Å²) in [6.07, 6.45) is 2.51. The van der Waals surface area contributed by atoms with Crippen LogP contribution in [-0.2, 0) is 33.2 Å². The average Bonchev–Trinajstić information content (AvgIpc) is 2.61. The van der Waals surface area contributed by atoms with Crippen LogP contribution in [0.3, 0.4) is 0 Å². The molecule has 154 valence electrons. The number of hydrogen-bond acceptors (Lipinski definition) is 7.